The van der Waals surface area contributed by atoms with Crippen LogP contribution in [0.3, 0.4) is 0 Å². The van der Waals surface area contributed by atoms with Gasteiger partial charge in [0.2, 0.25) is 9.84 Å². The average molecular weight is 194 g/mol. The molecule has 0 N–H and O–H groups in total. The summed E-state index contributed by atoms with van der Waals surface area (Å²) < 4.78 is 23.2. The van der Waals surface area contributed by atoms with Gasteiger partial charge < -0.3 is 0 Å². The van der Waals surface area contributed by atoms with Crippen molar-refractivity contribution in [3.05, 3.63) is 54.5 Å². The largest absolute Gasteiger partial charge is 0.219 e. The zero-order chi connectivity index (χ0) is 9.90. The first-order valence-corrected chi connectivity index (χ1v) is 5.19. The van der Waals surface area contributed by atoms with Crippen LogP contribution >= 0.6 is 0 Å². The molecule has 1 rings (SSSR count). The van der Waals surface area contributed by atoms with Crippen molar-refractivity contribution in [2.45, 2.75) is 4.90 Å². The van der Waals surface area contributed by atoms with Crippen LogP contribution in [0.2, 0.25) is 0 Å². The second-order valence-electron chi connectivity index (χ2n) is 2.49. The molecule has 0 unspecified atom stereocenters. The first-order chi connectivity index (χ1) is 6.09. The molecule has 0 heterocycles. The van der Waals surface area contributed by atoms with Crippen LogP contribution in [0.4, 0.5) is 0 Å². The van der Waals surface area contributed by atoms with Crippen LogP contribution in [0.5, 0.6) is 0 Å². The highest BCUT2D eigenvalue weighted by atomic mass is 32.2. The molecule has 2 nitrogen and oxygen atoms in total. The molecule has 0 spiro atoms. The van der Waals surface area contributed by atoms with Gasteiger partial charge in [0.25, 0.3) is 0 Å². The molecule has 68 valence electrons. The van der Waals surface area contributed by atoms with E-state index in [2.05, 4.69) is 13.2 Å². The number of hydrogen-bond acceptors (Lipinski definition) is 2. The molecule has 0 fully saturated rings. The Morgan fingerprint density at radius 2 is 1.77 bits per heavy atom. The fourth-order valence-electron chi connectivity index (χ4n) is 0.861. The van der Waals surface area contributed by atoms with Crippen molar-refractivity contribution < 1.29 is 8.42 Å². The summed E-state index contributed by atoms with van der Waals surface area (Å²) >= 11 is 0. The lowest BCUT2D eigenvalue weighted by Gasteiger charge is -2.01. The average Bonchev–Trinajstić information content (AvgIpc) is 2.18. The molecule has 13 heavy (non-hydrogen) atoms. The van der Waals surface area contributed by atoms with Crippen molar-refractivity contribution in [1.82, 2.24) is 0 Å². The van der Waals surface area contributed by atoms with Crippen molar-refractivity contribution in [3.8, 4) is 0 Å². The van der Waals surface area contributed by atoms with Crippen molar-refractivity contribution >= 4 is 9.84 Å². The number of allylic oxidation sites excluding steroid dienone is 1. The summed E-state index contributed by atoms with van der Waals surface area (Å²) in [6.07, 6.45) is 1.24. The van der Waals surface area contributed by atoms with Gasteiger partial charge >= 0.3 is 0 Å². The smallest absolute Gasteiger partial charge is 0.205 e. The third-order valence-corrected chi connectivity index (χ3v) is 3.38. The van der Waals surface area contributed by atoms with E-state index in [1.165, 1.54) is 18.2 Å². The van der Waals surface area contributed by atoms with Crippen molar-refractivity contribution in [2.75, 3.05) is 0 Å². The lowest BCUT2D eigenvalue weighted by atomic mass is 10.4. The normalized spacial score (nSPS) is 10.8. The van der Waals surface area contributed by atoms with Gasteiger partial charge in [0, 0.05) is 0 Å². The fraction of sp³-hybridized carbons (Fsp3) is 0. The lowest BCUT2D eigenvalue weighted by molar-refractivity contribution is 0.603. The quantitative estimate of drug-likeness (QED) is 0.691. The minimum absolute atomic E-state index is 0.0266. The van der Waals surface area contributed by atoms with Gasteiger partial charge in [-0.2, -0.15) is 0 Å². The molecule has 0 aliphatic carbocycles. The molecule has 1 aromatic carbocycles. The Kier molecular flexibility index (Phi) is 2.68. The third-order valence-electron chi connectivity index (χ3n) is 1.63. The molecule has 0 aliphatic heterocycles. The first-order valence-electron chi connectivity index (χ1n) is 3.70. The predicted molar refractivity (Wildman–Crippen MR) is 53.0 cm³/mol. The first kappa shape index (κ1) is 9.74. The van der Waals surface area contributed by atoms with Gasteiger partial charge in [0.1, 0.15) is 0 Å². The van der Waals surface area contributed by atoms with Gasteiger partial charge in [-0.05, 0) is 12.1 Å². The van der Waals surface area contributed by atoms with Crippen LogP contribution in [0, 0.1) is 0 Å². The Labute approximate surface area is 78.1 Å². The molecular formula is C10H10O2S. The zero-order valence-electron chi connectivity index (χ0n) is 7.10. The van der Waals surface area contributed by atoms with E-state index in [1.807, 2.05) is 0 Å². The van der Waals surface area contributed by atoms with Crippen molar-refractivity contribution in [1.29, 1.82) is 0 Å². The Morgan fingerprint density at radius 1 is 1.23 bits per heavy atom. The summed E-state index contributed by atoms with van der Waals surface area (Å²) in [6, 6.07) is 8.16. The molecule has 0 atom stereocenters. The number of rotatable bonds is 3. The van der Waals surface area contributed by atoms with E-state index < -0.39 is 9.84 Å². The second-order valence-corrected chi connectivity index (χ2v) is 4.49. The van der Waals surface area contributed by atoms with E-state index in [9.17, 15) is 8.42 Å². The summed E-state index contributed by atoms with van der Waals surface area (Å²) in [6.45, 7) is 6.79. The summed E-state index contributed by atoms with van der Waals surface area (Å²) in [4.78, 5) is 0.276. The molecule has 0 aliphatic rings. The highest BCUT2D eigenvalue weighted by molar-refractivity contribution is 7.95. The van der Waals surface area contributed by atoms with Gasteiger partial charge in [0.05, 0.1) is 9.80 Å². The van der Waals surface area contributed by atoms with E-state index >= 15 is 0 Å². The maximum Gasteiger partial charge on any atom is 0.205 e. The van der Waals surface area contributed by atoms with Crippen molar-refractivity contribution in [3.63, 3.8) is 0 Å². The zero-order valence-corrected chi connectivity index (χ0v) is 7.92. The van der Waals surface area contributed by atoms with Crippen LogP contribution < -0.4 is 0 Å². The van der Waals surface area contributed by atoms with Gasteiger partial charge in [-0.25, -0.2) is 8.42 Å². The van der Waals surface area contributed by atoms with E-state index in [1.54, 1.807) is 18.2 Å². The van der Waals surface area contributed by atoms with Gasteiger partial charge in [-0.15, -0.1) is 0 Å². The molecule has 0 saturated heterocycles. The summed E-state index contributed by atoms with van der Waals surface area (Å²) in [5.41, 5.74) is 0. The van der Waals surface area contributed by atoms with E-state index in [4.69, 9.17) is 0 Å². The van der Waals surface area contributed by atoms with E-state index in [0.717, 1.165) is 0 Å². The third kappa shape index (κ3) is 1.87. The minimum atomic E-state index is -3.40. The summed E-state index contributed by atoms with van der Waals surface area (Å²) in [5, 5.41) is 0. The number of sulfone groups is 1. The van der Waals surface area contributed by atoms with Crippen LogP contribution in [0.1, 0.15) is 0 Å². The summed E-state index contributed by atoms with van der Waals surface area (Å²) in [5.74, 6) is 0. The maximum absolute atomic E-state index is 11.6. The lowest BCUT2D eigenvalue weighted by Crippen LogP contribution is -2.01. The highest BCUT2D eigenvalue weighted by Crippen LogP contribution is 2.17. The second kappa shape index (κ2) is 3.58. The molecule has 0 radical (unpaired) electrons. The number of benzene rings is 1. The summed E-state index contributed by atoms with van der Waals surface area (Å²) in [7, 11) is -3.40. The van der Waals surface area contributed by atoms with Gasteiger partial charge in [0.15, 0.2) is 0 Å². The Morgan fingerprint density at radius 3 is 2.23 bits per heavy atom. The van der Waals surface area contributed by atoms with Gasteiger partial charge in [-0.3, -0.25) is 0 Å². The molecule has 0 saturated carbocycles. The van der Waals surface area contributed by atoms with E-state index in [-0.39, 0.29) is 9.80 Å². The topological polar surface area (TPSA) is 34.1 Å². The molecule has 3 heteroatoms. The van der Waals surface area contributed by atoms with Crippen LogP contribution in [-0.4, -0.2) is 8.42 Å². The Hall–Kier alpha value is -1.35. The number of hydrogen-bond donors (Lipinski definition) is 0. The highest BCUT2D eigenvalue weighted by Gasteiger charge is 2.14. The van der Waals surface area contributed by atoms with E-state index in [0.29, 0.717) is 0 Å². The van der Waals surface area contributed by atoms with Crippen LogP contribution in [0.15, 0.2) is 59.4 Å². The standard InChI is InChI=1S/C10H10O2S/c1-3-9(2)13(11,12)10-7-5-4-6-8-10/h3-8H,1-2H2. The van der Waals surface area contributed by atoms with Crippen LogP contribution in [0.25, 0.3) is 0 Å². The molecular weight excluding hydrogens is 184 g/mol. The SMILES string of the molecule is C=CC(=C)S(=O)(=O)c1ccccc1. The van der Waals surface area contributed by atoms with Crippen LogP contribution in [-0.2, 0) is 9.84 Å². The van der Waals surface area contributed by atoms with Gasteiger partial charge in [-0.1, -0.05) is 37.4 Å². The molecule has 0 aromatic heterocycles. The Balaban J connectivity index is 3.24. The molecule has 1 aromatic rings. The molecule has 0 bridgehead atoms. The molecule has 0 amide bonds. The predicted octanol–water partition coefficient (Wildman–Crippen LogP) is 2.16. The monoisotopic (exact) mass is 194 g/mol. The Bertz CT molecular complexity index is 415. The van der Waals surface area contributed by atoms with Crippen molar-refractivity contribution in [2.24, 2.45) is 0 Å². The fourth-order valence-corrected chi connectivity index (χ4v) is 1.90. The maximum atomic E-state index is 11.6. The minimum Gasteiger partial charge on any atom is -0.219 e.